The monoisotopic (exact) mass is 403 g/mol. The van der Waals surface area contributed by atoms with E-state index in [1.54, 1.807) is 6.20 Å². The summed E-state index contributed by atoms with van der Waals surface area (Å²) in [6, 6.07) is 8.77. The predicted molar refractivity (Wildman–Crippen MR) is 129 cm³/mol. The predicted octanol–water partition coefficient (Wildman–Crippen LogP) is 5.07. The van der Waals surface area contributed by atoms with Gasteiger partial charge in [-0.2, -0.15) is 5.10 Å². The van der Waals surface area contributed by atoms with Gasteiger partial charge in [-0.1, -0.05) is 32.6 Å². The van der Waals surface area contributed by atoms with Gasteiger partial charge in [0.15, 0.2) is 0 Å². The summed E-state index contributed by atoms with van der Waals surface area (Å²) >= 11 is 0. The van der Waals surface area contributed by atoms with E-state index in [0.29, 0.717) is 0 Å². The van der Waals surface area contributed by atoms with Gasteiger partial charge in [-0.25, -0.2) is 4.98 Å². The largest absolute Gasteiger partial charge is 0.362 e. The average molecular weight is 404 g/mol. The molecule has 0 atom stereocenters. The average Bonchev–Trinajstić information content (AvgIpc) is 2.78. The fraction of sp³-hybridized carbons (Fsp3) is 0.360. The maximum absolute atomic E-state index is 5.79. The van der Waals surface area contributed by atoms with E-state index in [4.69, 9.17) is 10.8 Å². The molecule has 0 spiro atoms. The Balaban J connectivity index is 2.01. The maximum atomic E-state index is 5.79. The molecule has 2 aromatic rings. The fourth-order valence-electron chi connectivity index (χ4n) is 4.12. The number of piperidine rings is 1. The summed E-state index contributed by atoms with van der Waals surface area (Å²) in [4.78, 5) is 7.13. The van der Waals surface area contributed by atoms with Gasteiger partial charge in [-0.3, -0.25) is 0 Å². The molecular weight excluding hydrogens is 370 g/mol. The second kappa shape index (κ2) is 9.61. The highest BCUT2D eigenvalue weighted by molar-refractivity contribution is 6.08. The van der Waals surface area contributed by atoms with Gasteiger partial charge in [0.1, 0.15) is 5.82 Å². The van der Waals surface area contributed by atoms with Crippen LogP contribution in [0, 0.1) is 6.92 Å². The minimum atomic E-state index is 0.763. The zero-order chi connectivity index (χ0) is 21.7. The van der Waals surface area contributed by atoms with Gasteiger partial charge in [0.25, 0.3) is 0 Å². The molecule has 1 aromatic carbocycles. The van der Waals surface area contributed by atoms with Crippen molar-refractivity contribution in [1.29, 1.82) is 0 Å². The number of hydrogen-bond acceptors (Lipinski definition) is 5. The Morgan fingerprint density at radius 1 is 1.27 bits per heavy atom. The minimum Gasteiger partial charge on any atom is -0.362 e. The third-order valence-corrected chi connectivity index (χ3v) is 5.86. The van der Waals surface area contributed by atoms with Crippen LogP contribution in [0.5, 0.6) is 0 Å². The Hall–Kier alpha value is -3.08. The van der Waals surface area contributed by atoms with Crippen LogP contribution in [-0.2, 0) is 12.8 Å². The number of aryl methyl sites for hydroxylation is 3. The molecule has 0 aliphatic carbocycles. The van der Waals surface area contributed by atoms with Gasteiger partial charge in [0.2, 0.25) is 0 Å². The Labute approximate surface area is 180 Å². The van der Waals surface area contributed by atoms with E-state index in [1.807, 2.05) is 6.20 Å². The highest BCUT2D eigenvalue weighted by atomic mass is 15.2. The summed E-state index contributed by atoms with van der Waals surface area (Å²) in [5.41, 5.74) is 9.45. The lowest BCUT2D eigenvalue weighted by Gasteiger charge is -2.33. The summed E-state index contributed by atoms with van der Waals surface area (Å²) in [7, 11) is 0. The van der Waals surface area contributed by atoms with Gasteiger partial charge < -0.3 is 16.1 Å². The number of allylic oxidation sites excluding steroid dienone is 1. The van der Waals surface area contributed by atoms with Crippen LogP contribution in [0.2, 0.25) is 0 Å². The molecule has 158 valence electrons. The number of nitrogens with two attached hydrogens (primary N) is 1. The standard InChI is InChI=1S/C25H33N5/c1-6-19-14-21(9-10-23(19)27-8-3)18(5)22-16-30(12-11-24(22)29-26)25-20(7-2)13-17(4)15-28-25/h8-10,13-15,27H,3,6-7,11-12,16,26H2,1-2,4-5H3/b22-18+,29-24-. The van der Waals surface area contributed by atoms with Crippen LogP contribution >= 0.6 is 0 Å². The first-order valence-electron chi connectivity index (χ1n) is 10.7. The van der Waals surface area contributed by atoms with E-state index in [1.165, 1.54) is 33.4 Å². The summed E-state index contributed by atoms with van der Waals surface area (Å²) in [6.45, 7) is 14.0. The smallest absolute Gasteiger partial charge is 0.132 e. The lowest BCUT2D eigenvalue weighted by atomic mass is 9.91. The molecule has 2 heterocycles. The quantitative estimate of drug-likeness (QED) is 0.522. The molecule has 5 nitrogen and oxygen atoms in total. The van der Waals surface area contributed by atoms with Crippen molar-refractivity contribution in [2.45, 2.75) is 47.0 Å². The molecular formula is C25H33N5. The molecule has 0 radical (unpaired) electrons. The molecule has 1 fully saturated rings. The Morgan fingerprint density at radius 3 is 2.70 bits per heavy atom. The zero-order valence-corrected chi connectivity index (χ0v) is 18.6. The third-order valence-electron chi connectivity index (χ3n) is 5.86. The first-order chi connectivity index (χ1) is 14.5. The van der Waals surface area contributed by atoms with Gasteiger partial charge in [0, 0.05) is 31.4 Å². The van der Waals surface area contributed by atoms with Crippen LogP contribution in [0.3, 0.4) is 0 Å². The van der Waals surface area contributed by atoms with Crippen molar-refractivity contribution in [2.75, 3.05) is 23.3 Å². The number of aromatic nitrogens is 1. The molecule has 1 saturated heterocycles. The highest BCUT2D eigenvalue weighted by Crippen LogP contribution is 2.30. The number of pyridine rings is 1. The minimum absolute atomic E-state index is 0.763. The van der Waals surface area contributed by atoms with Crippen molar-refractivity contribution >= 4 is 22.8 Å². The number of rotatable bonds is 6. The second-order valence-corrected chi connectivity index (χ2v) is 7.77. The normalized spacial score (nSPS) is 17.2. The number of benzene rings is 1. The lowest BCUT2D eigenvalue weighted by molar-refractivity contribution is 0.796. The molecule has 3 rings (SSSR count). The summed E-state index contributed by atoms with van der Waals surface area (Å²) < 4.78 is 0. The Kier molecular flexibility index (Phi) is 6.93. The molecule has 0 bridgehead atoms. The van der Waals surface area contributed by atoms with E-state index in [2.05, 4.69) is 73.9 Å². The van der Waals surface area contributed by atoms with Crippen LogP contribution in [0.1, 0.15) is 49.4 Å². The first-order valence-corrected chi connectivity index (χ1v) is 10.7. The van der Waals surface area contributed by atoms with Gasteiger partial charge in [-0.15, -0.1) is 0 Å². The Morgan fingerprint density at radius 2 is 2.03 bits per heavy atom. The van der Waals surface area contributed by atoms with Crippen LogP contribution in [0.4, 0.5) is 11.5 Å². The summed E-state index contributed by atoms with van der Waals surface area (Å²) in [5.74, 6) is 6.86. The highest BCUT2D eigenvalue weighted by Gasteiger charge is 2.24. The second-order valence-electron chi connectivity index (χ2n) is 7.77. The van der Waals surface area contributed by atoms with Crippen molar-refractivity contribution in [3.8, 4) is 0 Å². The Bertz CT molecular complexity index is 987. The van der Waals surface area contributed by atoms with Crippen molar-refractivity contribution in [1.82, 2.24) is 4.98 Å². The molecule has 30 heavy (non-hydrogen) atoms. The van der Waals surface area contributed by atoms with Crippen LogP contribution in [-0.4, -0.2) is 23.8 Å². The lowest BCUT2D eigenvalue weighted by Crippen LogP contribution is -2.38. The molecule has 0 amide bonds. The summed E-state index contributed by atoms with van der Waals surface area (Å²) in [6.07, 6.45) is 6.41. The number of hydrogen-bond donors (Lipinski definition) is 2. The molecule has 0 unspecified atom stereocenters. The number of anilines is 2. The van der Waals surface area contributed by atoms with Gasteiger partial charge >= 0.3 is 0 Å². The maximum Gasteiger partial charge on any atom is 0.132 e. The van der Waals surface area contributed by atoms with E-state index < -0.39 is 0 Å². The summed E-state index contributed by atoms with van der Waals surface area (Å²) in [5, 5.41) is 7.36. The van der Waals surface area contributed by atoms with Crippen molar-refractivity contribution < 1.29 is 0 Å². The van der Waals surface area contributed by atoms with E-state index >= 15 is 0 Å². The van der Waals surface area contributed by atoms with Gasteiger partial charge in [0.05, 0.1) is 5.71 Å². The van der Waals surface area contributed by atoms with Gasteiger partial charge in [-0.05, 0) is 78.4 Å². The molecule has 1 aromatic heterocycles. The van der Waals surface area contributed by atoms with E-state index in [0.717, 1.165) is 49.6 Å². The van der Waals surface area contributed by atoms with Crippen molar-refractivity contribution in [2.24, 2.45) is 10.9 Å². The van der Waals surface area contributed by atoms with E-state index in [9.17, 15) is 0 Å². The zero-order valence-electron chi connectivity index (χ0n) is 18.6. The van der Waals surface area contributed by atoms with Crippen molar-refractivity contribution in [3.05, 3.63) is 71.1 Å². The number of nitrogens with one attached hydrogen (secondary N) is 1. The van der Waals surface area contributed by atoms with Crippen LogP contribution in [0.15, 0.2) is 53.9 Å². The molecule has 3 N–H and O–H groups in total. The molecule has 5 heteroatoms. The molecule has 0 saturated carbocycles. The number of nitrogens with zero attached hydrogens (tertiary/aromatic N) is 3. The first kappa shape index (κ1) is 21.6. The van der Waals surface area contributed by atoms with E-state index in [-0.39, 0.29) is 0 Å². The third kappa shape index (κ3) is 4.40. The van der Waals surface area contributed by atoms with Crippen LogP contribution in [0.25, 0.3) is 5.57 Å². The SMILES string of the molecule is C=CNc1ccc(/C(C)=C2\CN(c3ncc(C)cc3CC)CC\C2=N\N)cc1CC. The topological polar surface area (TPSA) is 66.5 Å². The molecule has 1 aliphatic rings. The van der Waals surface area contributed by atoms with Crippen LogP contribution < -0.4 is 16.1 Å². The number of hydrazone groups is 1. The van der Waals surface area contributed by atoms with Crippen molar-refractivity contribution in [3.63, 3.8) is 0 Å². The fourth-order valence-corrected chi connectivity index (χ4v) is 4.12. The molecule has 1 aliphatic heterocycles.